The van der Waals surface area contributed by atoms with Crippen LogP contribution < -0.4 is 10.1 Å². The first kappa shape index (κ1) is 13.8. The molecule has 0 spiro atoms. The van der Waals surface area contributed by atoms with Crippen LogP contribution in [0.25, 0.3) is 10.2 Å². The molecule has 5 nitrogen and oxygen atoms in total. The molecule has 0 fully saturated rings. The lowest BCUT2D eigenvalue weighted by Crippen LogP contribution is -2.12. The number of anilines is 1. The average Bonchev–Trinajstić information content (AvgIpc) is 2.91. The van der Waals surface area contributed by atoms with Crippen LogP contribution in [0.4, 0.5) is 5.69 Å². The molecule has 0 aliphatic carbocycles. The van der Waals surface area contributed by atoms with Gasteiger partial charge in [0.25, 0.3) is 5.91 Å². The molecule has 1 amide bonds. The summed E-state index contributed by atoms with van der Waals surface area (Å²) in [5.41, 5.74) is 1.65. The van der Waals surface area contributed by atoms with Crippen LogP contribution in [0.15, 0.2) is 36.1 Å². The van der Waals surface area contributed by atoms with E-state index in [1.54, 1.807) is 29.8 Å². The van der Waals surface area contributed by atoms with Crippen LogP contribution in [0.2, 0.25) is 5.02 Å². The van der Waals surface area contributed by atoms with Gasteiger partial charge in [0.2, 0.25) is 0 Å². The first-order chi connectivity index (χ1) is 10.2. The molecule has 3 aromatic rings. The van der Waals surface area contributed by atoms with E-state index in [-0.39, 0.29) is 5.91 Å². The van der Waals surface area contributed by atoms with Crippen LogP contribution >= 0.6 is 22.9 Å². The van der Waals surface area contributed by atoms with Crippen LogP contribution in [0.3, 0.4) is 0 Å². The topological polar surface area (TPSA) is 64.1 Å². The van der Waals surface area contributed by atoms with Crippen LogP contribution in [0.5, 0.6) is 5.75 Å². The number of rotatable bonds is 3. The number of carbonyl (C=O) groups excluding carboxylic acids is 1. The fourth-order valence-electron chi connectivity index (χ4n) is 1.91. The minimum Gasteiger partial charge on any atom is -0.495 e. The molecule has 0 aliphatic rings. The van der Waals surface area contributed by atoms with E-state index in [2.05, 4.69) is 15.3 Å². The second kappa shape index (κ2) is 5.67. The van der Waals surface area contributed by atoms with Gasteiger partial charge in [-0.25, -0.2) is 9.97 Å². The van der Waals surface area contributed by atoms with E-state index < -0.39 is 0 Å². The Hall–Kier alpha value is -2.18. The number of hydrogen-bond donors (Lipinski definition) is 1. The van der Waals surface area contributed by atoms with E-state index in [0.29, 0.717) is 27.5 Å². The Morgan fingerprint density at radius 3 is 3.10 bits per heavy atom. The maximum absolute atomic E-state index is 12.4. The molecule has 1 N–H and O–H groups in total. The smallest absolute Gasteiger partial charge is 0.258 e. The van der Waals surface area contributed by atoms with Gasteiger partial charge in [0.15, 0.2) is 0 Å². The molecule has 0 aliphatic heterocycles. The van der Waals surface area contributed by atoms with Gasteiger partial charge in [-0.3, -0.25) is 4.79 Å². The van der Waals surface area contributed by atoms with Gasteiger partial charge in [-0.15, -0.1) is 11.3 Å². The molecule has 106 valence electrons. The summed E-state index contributed by atoms with van der Waals surface area (Å²) >= 11 is 7.37. The molecule has 0 saturated carbocycles. The number of halogens is 1. The fourth-order valence-corrected chi connectivity index (χ4v) is 2.94. The molecule has 3 rings (SSSR count). The zero-order valence-electron chi connectivity index (χ0n) is 11.0. The highest BCUT2D eigenvalue weighted by atomic mass is 35.5. The number of aromatic nitrogens is 2. The van der Waals surface area contributed by atoms with Crippen LogP contribution in [-0.2, 0) is 0 Å². The van der Waals surface area contributed by atoms with Crippen molar-refractivity contribution < 1.29 is 9.53 Å². The van der Waals surface area contributed by atoms with Gasteiger partial charge in [-0.1, -0.05) is 11.6 Å². The minimum atomic E-state index is -0.263. The molecule has 2 heterocycles. The van der Waals surface area contributed by atoms with E-state index in [4.69, 9.17) is 16.3 Å². The lowest BCUT2D eigenvalue weighted by atomic mass is 10.2. The third-order valence-corrected chi connectivity index (χ3v) is 4.03. The van der Waals surface area contributed by atoms with Gasteiger partial charge < -0.3 is 10.1 Å². The Balaban J connectivity index is 1.95. The summed E-state index contributed by atoms with van der Waals surface area (Å²) in [6, 6.07) is 5.04. The van der Waals surface area contributed by atoms with Crippen molar-refractivity contribution in [2.45, 2.75) is 0 Å². The van der Waals surface area contributed by atoms with E-state index in [9.17, 15) is 4.79 Å². The highest BCUT2D eigenvalue weighted by molar-refractivity contribution is 7.17. The Morgan fingerprint density at radius 1 is 1.43 bits per heavy atom. The van der Waals surface area contributed by atoms with Gasteiger partial charge in [0.1, 0.15) is 12.1 Å². The predicted octanol–water partition coefficient (Wildman–Crippen LogP) is 3.61. The van der Waals surface area contributed by atoms with Crippen LogP contribution in [0.1, 0.15) is 10.4 Å². The van der Waals surface area contributed by atoms with Crippen molar-refractivity contribution in [1.82, 2.24) is 9.97 Å². The molecule has 7 heteroatoms. The zero-order valence-corrected chi connectivity index (χ0v) is 12.5. The molecule has 0 unspecified atom stereocenters. The van der Waals surface area contributed by atoms with Gasteiger partial charge in [0, 0.05) is 16.6 Å². The number of ether oxygens (including phenoxy) is 1. The zero-order chi connectivity index (χ0) is 14.8. The van der Waals surface area contributed by atoms with Crippen molar-refractivity contribution in [3.8, 4) is 5.75 Å². The Bertz CT molecular complexity index is 819. The highest BCUT2D eigenvalue weighted by Crippen LogP contribution is 2.29. The first-order valence-corrected chi connectivity index (χ1v) is 7.27. The van der Waals surface area contributed by atoms with Crippen molar-refractivity contribution in [2.75, 3.05) is 12.4 Å². The second-order valence-corrected chi connectivity index (χ2v) is 5.53. The molecule has 0 saturated heterocycles. The van der Waals surface area contributed by atoms with E-state index in [1.807, 2.05) is 0 Å². The summed E-state index contributed by atoms with van der Waals surface area (Å²) < 4.78 is 6.07. The Morgan fingerprint density at radius 2 is 2.29 bits per heavy atom. The van der Waals surface area contributed by atoms with E-state index in [1.165, 1.54) is 24.8 Å². The molecule has 0 atom stereocenters. The number of methoxy groups -OCH3 is 1. The van der Waals surface area contributed by atoms with Crippen molar-refractivity contribution in [2.24, 2.45) is 0 Å². The molecular formula is C14H10ClN3O2S. The molecule has 0 radical (unpaired) electrons. The quantitative estimate of drug-likeness (QED) is 0.801. The van der Waals surface area contributed by atoms with Crippen molar-refractivity contribution in [1.29, 1.82) is 0 Å². The minimum absolute atomic E-state index is 0.263. The Labute approximate surface area is 129 Å². The molecular weight excluding hydrogens is 310 g/mol. The molecule has 0 bridgehead atoms. The summed E-state index contributed by atoms with van der Waals surface area (Å²) in [5.74, 6) is 0.280. The standard InChI is InChI=1S/C14H10ClN3O2S/c1-20-11-3-2-8(15)4-10(11)18-14(19)9-6-21-12-5-16-7-17-13(9)12/h2-7H,1H3,(H,18,19). The van der Waals surface area contributed by atoms with E-state index in [0.717, 1.165) is 4.70 Å². The van der Waals surface area contributed by atoms with Crippen LogP contribution in [-0.4, -0.2) is 23.0 Å². The number of amides is 1. The average molecular weight is 320 g/mol. The summed E-state index contributed by atoms with van der Waals surface area (Å²) in [4.78, 5) is 20.5. The Kier molecular flexibility index (Phi) is 3.72. The number of thiophene rings is 1. The van der Waals surface area contributed by atoms with E-state index >= 15 is 0 Å². The lowest BCUT2D eigenvalue weighted by molar-refractivity contribution is 0.102. The second-order valence-electron chi connectivity index (χ2n) is 4.18. The molecule has 2 aromatic heterocycles. The lowest BCUT2D eigenvalue weighted by Gasteiger charge is -2.10. The highest BCUT2D eigenvalue weighted by Gasteiger charge is 2.15. The largest absolute Gasteiger partial charge is 0.495 e. The SMILES string of the molecule is COc1ccc(Cl)cc1NC(=O)c1csc2cncnc12. The van der Waals surface area contributed by atoms with Gasteiger partial charge >= 0.3 is 0 Å². The van der Waals surface area contributed by atoms with Gasteiger partial charge in [0.05, 0.1) is 28.6 Å². The van der Waals surface area contributed by atoms with Crippen molar-refractivity contribution in [3.63, 3.8) is 0 Å². The van der Waals surface area contributed by atoms with Gasteiger partial charge in [-0.2, -0.15) is 0 Å². The van der Waals surface area contributed by atoms with Crippen molar-refractivity contribution in [3.05, 3.63) is 46.7 Å². The normalized spacial score (nSPS) is 10.6. The number of nitrogens with one attached hydrogen (secondary N) is 1. The number of fused-ring (bicyclic) bond motifs is 1. The predicted molar refractivity (Wildman–Crippen MR) is 83.4 cm³/mol. The maximum Gasteiger partial charge on any atom is 0.258 e. The van der Waals surface area contributed by atoms with Crippen molar-refractivity contribution >= 4 is 44.7 Å². The van der Waals surface area contributed by atoms with Gasteiger partial charge in [-0.05, 0) is 18.2 Å². The maximum atomic E-state index is 12.4. The number of hydrogen-bond acceptors (Lipinski definition) is 5. The summed E-state index contributed by atoms with van der Waals surface area (Å²) in [7, 11) is 1.53. The molecule has 1 aromatic carbocycles. The molecule has 21 heavy (non-hydrogen) atoms. The summed E-state index contributed by atoms with van der Waals surface area (Å²) in [5, 5.41) is 5.07. The third kappa shape index (κ3) is 2.68. The number of benzene rings is 1. The summed E-state index contributed by atoms with van der Waals surface area (Å²) in [6.07, 6.45) is 3.11. The number of carbonyl (C=O) groups is 1. The fraction of sp³-hybridized carbons (Fsp3) is 0.0714. The number of nitrogens with zero attached hydrogens (tertiary/aromatic N) is 2. The third-order valence-electron chi connectivity index (χ3n) is 2.89. The first-order valence-electron chi connectivity index (χ1n) is 6.01. The summed E-state index contributed by atoms with van der Waals surface area (Å²) in [6.45, 7) is 0. The monoisotopic (exact) mass is 319 g/mol. The van der Waals surface area contributed by atoms with Crippen LogP contribution in [0, 0.1) is 0 Å².